The zero-order valence-corrected chi connectivity index (χ0v) is 16.9. The highest BCUT2D eigenvalue weighted by atomic mass is 32.2. The van der Waals surface area contributed by atoms with Crippen LogP contribution in [0.15, 0.2) is 29.3 Å². The number of alkyl halides is 5. The van der Waals surface area contributed by atoms with Gasteiger partial charge in [0.15, 0.2) is 33.8 Å². The third-order valence-electron chi connectivity index (χ3n) is 4.61. The van der Waals surface area contributed by atoms with Gasteiger partial charge in [0.2, 0.25) is 0 Å². The van der Waals surface area contributed by atoms with Crippen molar-refractivity contribution in [2.24, 2.45) is 0 Å². The van der Waals surface area contributed by atoms with E-state index in [2.05, 4.69) is 19.2 Å². The van der Waals surface area contributed by atoms with Gasteiger partial charge >= 0.3 is 12.5 Å². The average molecular weight is 480 g/mol. The van der Waals surface area contributed by atoms with Crippen molar-refractivity contribution in [2.75, 3.05) is 17.3 Å². The predicted molar refractivity (Wildman–Crippen MR) is 96.7 cm³/mol. The van der Waals surface area contributed by atoms with Crippen LogP contribution in [0.3, 0.4) is 0 Å². The number of sulfone groups is 1. The number of halogens is 5. The summed E-state index contributed by atoms with van der Waals surface area (Å²) in [5, 5.41) is 0. The zero-order valence-electron chi connectivity index (χ0n) is 16.1. The Balaban J connectivity index is 1.71. The highest BCUT2D eigenvalue weighted by molar-refractivity contribution is 7.91. The number of rotatable bonds is 5. The lowest BCUT2D eigenvalue weighted by atomic mass is 10.1. The summed E-state index contributed by atoms with van der Waals surface area (Å²) in [5.41, 5.74) is 0.207. The first-order chi connectivity index (χ1) is 14.8. The van der Waals surface area contributed by atoms with Crippen molar-refractivity contribution in [3.63, 3.8) is 0 Å². The average Bonchev–Trinajstić information content (AvgIpc) is 3.17. The van der Waals surface area contributed by atoms with E-state index in [1.165, 1.54) is 6.92 Å². The number of pyridine rings is 1. The molecule has 8 nitrogen and oxygen atoms in total. The summed E-state index contributed by atoms with van der Waals surface area (Å²) < 4.78 is 102. The van der Waals surface area contributed by atoms with E-state index >= 15 is 0 Å². The molecule has 0 aliphatic carbocycles. The summed E-state index contributed by atoms with van der Waals surface area (Å²) in [6.45, 7) is -0.593. The van der Waals surface area contributed by atoms with E-state index in [1.54, 1.807) is 0 Å². The van der Waals surface area contributed by atoms with Crippen LogP contribution < -0.4 is 19.1 Å². The van der Waals surface area contributed by atoms with Crippen LogP contribution in [0.5, 0.6) is 17.2 Å². The molecular weight excluding hydrogens is 467 g/mol. The molecule has 2 aromatic rings. The van der Waals surface area contributed by atoms with E-state index in [1.807, 2.05) is 0 Å². The minimum absolute atomic E-state index is 0.0379. The number of aromatic nitrogens is 1. The van der Waals surface area contributed by atoms with Gasteiger partial charge in [-0.3, -0.25) is 9.69 Å². The first kappa shape index (κ1) is 22.0. The Bertz CT molecular complexity index is 1220. The summed E-state index contributed by atoms with van der Waals surface area (Å²) in [6, 6.07) is 3.07. The molecule has 1 aromatic heterocycles. The topological polar surface area (TPSA) is 95.0 Å². The molecule has 0 saturated heterocycles. The maximum absolute atomic E-state index is 13.3. The number of amides is 1. The molecule has 0 bridgehead atoms. The quantitative estimate of drug-likeness (QED) is 0.606. The minimum atomic E-state index is -4.66. The molecule has 0 fully saturated rings. The van der Waals surface area contributed by atoms with Gasteiger partial charge in [-0.2, -0.15) is 13.2 Å². The van der Waals surface area contributed by atoms with Crippen LogP contribution in [0.25, 0.3) is 0 Å². The lowest BCUT2D eigenvalue weighted by Crippen LogP contribution is -2.27. The Morgan fingerprint density at radius 1 is 1.19 bits per heavy atom. The summed E-state index contributed by atoms with van der Waals surface area (Å²) in [4.78, 5) is 17.2. The molecule has 4 rings (SSSR count). The van der Waals surface area contributed by atoms with Crippen LogP contribution in [0.2, 0.25) is 0 Å². The van der Waals surface area contributed by atoms with Gasteiger partial charge in [-0.1, -0.05) is 6.92 Å². The third-order valence-corrected chi connectivity index (χ3v) is 6.34. The molecule has 0 saturated carbocycles. The Morgan fingerprint density at radius 3 is 2.47 bits per heavy atom. The van der Waals surface area contributed by atoms with Crippen LogP contribution in [-0.2, 0) is 16.4 Å². The molecule has 3 heterocycles. The molecule has 0 radical (unpaired) electrons. The number of hydrogen-bond donors (Lipinski definition) is 0. The molecule has 0 unspecified atom stereocenters. The van der Waals surface area contributed by atoms with E-state index in [0.29, 0.717) is 0 Å². The van der Waals surface area contributed by atoms with E-state index in [9.17, 15) is 35.2 Å². The second-order valence-electron chi connectivity index (χ2n) is 6.81. The van der Waals surface area contributed by atoms with Crippen molar-refractivity contribution in [2.45, 2.75) is 30.8 Å². The SMILES string of the molecule is CCS(=O)(=O)c1cc(OCC(F)(F)F)cnc1N1Cc2cc3c(cc2C1=O)OC(F)(F)O3. The smallest absolute Gasteiger partial charge is 0.482 e. The minimum Gasteiger partial charge on any atom is -0.482 e. The second-order valence-corrected chi connectivity index (χ2v) is 9.06. The van der Waals surface area contributed by atoms with Gasteiger partial charge in [-0.25, -0.2) is 13.4 Å². The number of carbonyl (C=O) groups excluding carboxylic acids is 1. The molecule has 0 spiro atoms. The predicted octanol–water partition coefficient (Wildman–Crippen LogP) is 3.30. The number of benzene rings is 1. The highest BCUT2D eigenvalue weighted by Gasteiger charge is 2.45. The van der Waals surface area contributed by atoms with Gasteiger partial charge in [0.1, 0.15) is 10.6 Å². The van der Waals surface area contributed by atoms with Crippen LogP contribution in [0, 0.1) is 0 Å². The van der Waals surface area contributed by atoms with E-state index in [-0.39, 0.29) is 35.0 Å². The van der Waals surface area contributed by atoms with Crippen molar-refractivity contribution in [1.82, 2.24) is 4.98 Å². The Kier molecular flexibility index (Phi) is 4.95. The molecule has 1 aromatic carbocycles. The molecule has 0 N–H and O–H groups in total. The van der Waals surface area contributed by atoms with Gasteiger partial charge in [0.05, 0.1) is 18.5 Å². The first-order valence-corrected chi connectivity index (χ1v) is 10.6. The third kappa shape index (κ3) is 4.01. The molecule has 1 amide bonds. The van der Waals surface area contributed by atoms with Crippen molar-refractivity contribution in [3.8, 4) is 17.2 Å². The fourth-order valence-corrected chi connectivity index (χ4v) is 4.23. The second kappa shape index (κ2) is 7.18. The van der Waals surface area contributed by atoms with Crippen LogP contribution in [-0.4, -0.2) is 44.1 Å². The molecule has 0 atom stereocenters. The summed E-state index contributed by atoms with van der Waals surface area (Å²) in [7, 11) is -4.04. The summed E-state index contributed by atoms with van der Waals surface area (Å²) in [5.74, 6) is -2.64. The maximum atomic E-state index is 13.3. The molecule has 14 heteroatoms. The number of ether oxygens (including phenoxy) is 3. The van der Waals surface area contributed by atoms with Gasteiger partial charge in [0, 0.05) is 11.6 Å². The fraction of sp³-hybridized carbons (Fsp3) is 0.333. The summed E-state index contributed by atoms with van der Waals surface area (Å²) in [6.07, 6.45) is -7.68. The highest BCUT2D eigenvalue weighted by Crippen LogP contribution is 2.45. The van der Waals surface area contributed by atoms with E-state index in [0.717, 1.165) is 29.3 Å². The van der Waals surface area contributed by atoms with Crippen LogP contribution in [0.1, 0.15) is 22.8 Å². The van der Waals surface area contributed by atoms with Gasteiger partial charge in [-0.15, -0.1) is 8.78 Å². The largest absolute Gasteiger partial charge is 0.586 e. The molecular formula is C18H13F5N2O6S. The Hall–Kier alpha value is -3.16. The zero-order chi connectivity index (χ0) is 23.5. The van der Waals surface area contributed by atoms with Crippen LogP contribution in [0.4, 0.5) is 27.8 Å². The van der Waals surface area contributed by atoms with E-state index < -0.39 is 51.2 Å². The number of carbonyl (C=O) groups is 1. The van der Waals surface area contributed by atoms with Crippen molar-refractivity contribution < 1.29 is 49.4 Å². The Labute approximate surface area is 177 Å². The van der Waals surface area contributed by atoms with Gasteiger partial charge in [0.25, 0.3) is 5.91 Å². The number of anilines is 1. The molecule has 2 aliphatic rings. The fourth-order valence-electron chi connectivity index (χ4n) is 3.18. The number of fused-ring (bicyclic) bond motifs is 2. The van der Waals surface area contributed by atoms with Crippen molar-refractivity contribution in [3.05, 3.63) is 35.5 Å². The molecule has 172 valence electrons. The van der Waals surface area contributed by atoms with Crippen molar-refractivity contribution in [1.29, 1.82) is 0 Å². The Morgan fingerprint density at radius 2 is 1.84 bits per heavy atom. The number of hydrogen-bond acceptors (Lipinski definition) is 7. The van der Waals surface area contributed by atoms with Gasteiger partial charge in [-0.05, 0) is 17.7 Å². The van der Waals surface area contributed by atoms with Gasteiger partial charge < -0.3 is 14.2 Å². The molecule has 32 heavy (non-hydrogen) atoms. The van der Waals surface area contributed by atoms with Crippen LogP contribution >= 0.6 is 0 Å². The summed E-state index contributed by atoms with van der Waals surface area (Å²) >= 11 is 0. The van der Waals surface area contributed by atoms with Crippen molar-refractivity contribution >= 4 is 21.6 Å². The first-order valence-electron chi connectivity index (χ1n) is 8.96. The lowest BCUT2D eigenvalue weighted by molar-refractivity contribution is -0.286. The molecule has 2 aliphatic heterocycles. The normalized spacial score (nSPS) is 16.9. The lowest BCUT2D eigenvalue weighted by Gasteiger charge is -2.19. The monoisotopic (exact) mass is 480 g/mol. The number of nitrogens with zero attached hydrogens (tertiary/aromatic N) is 2. The van der Waals surface area contributed by atoms with E-state index in [4.69, 9.17) is 0 Å². The maximum Gasteiger partial charge on any atom is 0.586 e. The standard InChI is InChI=1S/C18H13F5N2O6S/c1-2-32(27,28)14-4-10(29-8-17(19,20)21)6-24-15(14)25-7-9-3-12-13(5-11(9)16(25)26)31-18(22,23)30-12/h3-6H,2,7-8H2,1H3.